The molecule has 0 aliphatic heterocycles. The van der Waals surface area contributed by atoms with Crippen molar-refractivity contribution in [2.24, 2.45) is 0 Å². The smallest absolute Gasteiger partial charge is 0.119 e. The Morgan fingerprint density at radius 2 is 0.871 bits per heavy atom. The molecule has 1 aromatic rings. The first kappa shape index (κ1) is 28.1. The van der Waals surface area contributed by atoms with Gasteiger partial charge in [-0.25, -0.2) is 0 Å². The molecule has 1 rings (SSSR count). The molecule has 0 bridgehead atoms. The molecule has 1 heteroatoms. The van der Waals surface area contributed by atoms with Gasteiger partial charge in [-0.15, -0.1) is 0 Å². The number of aromatic hydroxyl groups is 1. The quantitative estimate of drug-likeness (QED) is 0.192. The van der Waals surface area contributed by atoms with Gasteiger partial charge in [0.25, 0.3) is 0 Å². The molecule has 180 valence electrons. The lowest BCUT2D eigenvalue weighted by molar-refractivity contribution is 0.290. The molecule has 0 heterocycles. The standard InChI is InChI=1S/C30H54O/c1-4-7-10-12-14-16-21-26-30(25-20-9-6-3,28-23-18-19-24-29(28)31)27-22-17-15-13-11-8-5-2/h18-19,23-24,31H,4-17,20-22,25-27H2,1-3H3. The molecule has 0 aliphatic rings. The molecule has 0 amide bonds. The first-order valence-corrected chi connectivity index (χ1v) is 14.0. The zero-order chi connectivity index (χ0) is 22.6. The maximum atomic E-state index is 10.8. The number of hydrogen-bond donors (Lipinski definition) is 1. The summed E-state index contributed by atoms with van der Waals surface area (Å²) in [5.74, 6) is 0.532. The Morgan fingerprint density at radius 1 is 0.516 bits per heavy atom. The SMILES string of the molecule is CCCCCCCCCC(CCCCC)(CCCCCCCCC)c1ccccc1O. The normalized spacial score (nSPS) is 11.8. The van der Waals surface area contributed by atoms with Gasteiger partial charge in [-0.3, -0.25) is 0 Å². The summed E-state index contributed by atoms with van der Waals surface area (Å²) in [7, 11) is 0. The predicted octanol–water partition coefficient (Wildman–Crippen LogP) is 10.5. The number of hydrogen-bond acceptors (Lipinski definition) is 1. The number of rotatable bonds is 21. The van der Waals surface area contributed by atoms with Gasteiger partial charge in [0.15, 0.2) is 0 Å². The van der Waals surface area contributed by atoms with Crippen LogP contribution >= 0.6 is 0 Å². The van der Waals surface area contributed by atoms with E-state index in [0.717, 1.165) is 0 Å². The lowest BCUT2D eigenvalue weighted by Gasteiger charge is -2.36. The summed E-state index contributed by atoms with van der Waals surface area (Å²) in [6, 6.07) is 8.26. The molecule has 0 unspecified atom stereocenters. The summed E-state index contributed by atoms with van der Waals surface area (Å²) < 4.78 is 0. The molecule has 31 heavy (non-hydrogen) atoms. The van der Waals surface area contributed by atoms with E-state index in [2.05, 4.69) is 32.9 Å². The highest BCUT2D eigenvalue weighted by molar-refractivity contribution is 5.38. The Kier molecular flexibility index (Phi) is 16.8. The molecule has 0 saturated heterocycles. The second kappa shape index (κ2) is 18.6. The van der Waals surface area contributed by atoms with Crippen LogP contribution in [0.1, 0.15) is 155 Å². The van der Waals surface area contributed by atoms with E-state index in [1.165, 1.54) is 134 Å². The molecule has 1 aromatic carbocycles. The summed E-state index contributed by atoms with van der Waals surface area (Å²) in [6.07, 6.45) is 26.7. The maximum Gasteiger partial charge on any atom is 0.119 e. The van der Waals surface area contributed by atoms with E-state index in [4.69, 9.17) is 0 Å². The van der Waals surface area contributed by atoms with Gasteiger partial charge in [0.05, 0.1) is 0 Å². The summed E-state index contributed by atoms with van der Waals surface area (Å²) in [6.45, 7) is 6.88. The average Bonchev–Trinajstić information content (AvgIpc) is 2.78. The van der Waals surface area contributed by atoms with Crippen LogP contribution in [0.5, 0.6) is 5.75 Å². The fraction of sp³-hybridized carbons (Fsp3) is 0.800. The first-order chi connectivity index (χ1) is 15.2. The molecule has 0 aromatic heterocycles. The number of para-hydroxylation sites is 1. The minimum Gasteiger partial charge on any atom is -0.508 e. The summed E-state index contributed by atoms with van der Waals surface area (Å²) >= 11 is 0. The lowest BCUT2D eigenvalue weighted by Crippen LogP contribution is -2.27. The highest BCUT2D eigenvalue weighted by atomic mass is 16.3. The summed E-state index contributed by atoms with van der Waals surface area (Å²) in [4.78, 5) is 0. The zero-order valence-corrected chi connectivity index (χ0v) is 21.4. The molecule has 0 spiro atoms. The third kappa shape index (κ3) is 12.0. The molecular weight excluding hydrogens is 376 g/mol. The molecule has 0 radical (unpaired) electrons. The Labute approximate surface area is 195 Å². The summed E-state index contributed by atoms with van der Waals surface area (Å²) in [5.41, 5.74) is 1.41. The zero-order valence-electron chi connectivity index (χ0n) is 21.4. The van der Waals surface area contributed by atoms with Crippen molar-refractivity contribution < 1.29 is 5.11 Å². The average molecular weight is 431 g/mol. The molecule has 0 saturated carbocycles. The van der Waals surface area contributed by atoms with Crippen LogP contribution in [0.25, 0.3) is 0 Å². The van der Waals surface area contributed by atoms with E-state index in [1.807, 2.05) is 12.1 Å². The van der Waals surface area contributed by atoms with Crippen LogP contribution in [0.3, 0.4) is 0 Å². The third-order valence-electron chi connectivity index (χ3n) is 7.25. The van der Waals surface area contributed by atoms with E-state index in [-0.39, 0.29) is 5.41 Å². The summed E-state index contributed by atoms with van der Waals surface area (Å²) in [5, 5.41) is 10.8. The van der Waals surface area contributed by atoms with Crippen molar-refractivity contribution in [1.29, 1.82) is 0 Å². The monoisotopic (exact) mass is 430 g/mol. The highest BCUT2D eigenvalue weighted by Gasteiger charge is 2.32. The van der Waals surface area contributed by atoms with Crippen molar-refractivity contribution in [1.82, 2.24) is 0 Å². The molecule has 0 atom stereocenters. The number of unbranched alkanes of at least 4 members (excludes halogenated alkanes) is 14. The van der Waals surface area contributed by atoms with Gasteiger partial charge >= 0.3 is 0 Å². The van der Waals surface area contributed by atoms with Gasteiger partial charge < -0.3 is 5.11 Å². The minimum atomic E-state index is 0.174. The van der Waals surface area contributed by atoms with Gasteiger partial charge in [0, 0.05) is 5.56 Å². The predicted molar refractivity (Wildman–Crippen MR) is 139 cm³/mol. The van der Waals surface area contributed by atoms with Gasteiger partial charge in [0.1, 0.15) is 5.75 Å². The number of phenolic OH excluding ortho intramolecular Hbond substituents is 1. The Hall–Kier alpha value is -0.980. The van der Waals surface area contributed by atoms with Crippen molar-refractivity contribution in [3.63, 3.8) is 0 Å². The van der Waals surface area contributed by atoms with Crippen LogP contribution in [0.4, 0.5) is 0 Å². The van der Waals surface area contributed by atoms with E-state index in [1.54, 1.807) is 0 Å². The van der Waals surface area contributed by atoms with Crippen LogP contribution in [0.15, 0.2) is 24.3 Å². The maximum absolute atomic E-state index is 10.8. The molecule has 0 fully saturated rings. The van der Waals surface area contributed by atoms with Gasteiger partial charge in [0.2, 0.25) is 0 Å². The van der Waals surface area contributed by atoms with E-state index in [0.29, 0.717) is 5.75 Å². The third-order valence-corrected chi connectivity index (χ3v) is 7.25. The Bertz CT molecular complexity index is 503. The molecule has 1 N–H and O–H groups in total. The molecule has 1 nitrogen and oxygen atoms in total. The highest BCUT2D eigenvalue weighted by Crippen LogP contribution is 2.44. The fourth-order valence-corrected chi connectivity index (χ4v) is 5.26. The largest absolute Gasteiger partial charge is 0.508 e. The Morgan fingerprint density at radius 3 is 1.32 bits per heavy atom. The second-order valence-corrected chi connectivity index (χ2v) is 10.00. The second-order valence-electron chi connectivity index (χ2n) is 10.00. The van der Waals surface area contributed by atoms with E-state index >= 15 is 0 Å². The van der Waals surface area contributed by atoms with Crippen molar-refractivity contribution in [3.8, 4) is 5.75 Å². The van der Waals surface area contributed by atoms with Crippen LogP contribution in [-0.4, -0.2) is 5.11 Å². The topological polar surface area (TPSA) is 20.2 Å². The number of phenols is 1. The van der Waals surface area contributed by atoms with Crippen LogP contribution in [0.2, 0.25) is 0 Å². The fourth-order valence-electron chi connectivity index (χ4n) is 5.26. The Balaban J connectivity index is 2.75. The molecular formula is C30H54O. The van der Waals surface area contributed by atoms with Gasteiger partial charge in [-0.2, -0.15) is 0 Å². The van der Waals surface area contributed by atoms with E-state index in [9.17, 15) is 5.11 Å². The van der Waals surface area contributed by atoms with Gasteiger partial charge in [-0.05, 0) is 30.7 Å². The minimum absolute atomic E-state index is 0.174. The number of benzene rings is 1. The lowest BCUT2D eigenvalue weighted by atomic mass is 9.69. The van der Waals surface area contributed by atoms with Crippen LogP contribution in [0, 0.1) is 0 Å². The van der Waals surface area contributed by atoms with Gasteiger partial charge in [-0.1, -0.05) is 148 Å². The van der Waals surface area contributed by atoms with Crippen LogP contribution in [-0.2, 0) is 5.41 Å². The van der Waals surface area contributed by atoms with Crippen LogP contribution < -0.4 is 0 Å². The first-order valence-electron chi connectivity index (χ1n) is 14.0. The van der Waals surface area contributed by atoms with Crippen molar-refractivity contribution >= 4 is 0 Å². The van der Waals surface area contributed by atoms with Crippen molar-refractivity contribution in [3.05, 3.63) is 29.8 Å². The van der Waals surface area contributed by atoms with E-state index < -0.39 is 0 Å². The van der Waals surface area contributed by atoms with Crippen molar-refractivity contribution in [2.45, 2.75) is 155 Å². The van der Waals surface area contributed by atoms with Crippen molar-refractivity contribution in [2.75, 3.05) is 0 Å². The molecule has 0 aliphatic carbocycles.